The van der Waals surface area contributed by atoms with E-state index < -0.39 is 18.0 Å². The molecular formula is C20H29BrO10. The fraction of sp³-hybridized carbons (Fsp3) is 0.600. The Hall–Kier alpha value is -2.24. The Morgan fingerprint density at radius 3 is 1.84 bits per heavy atom. The number of cyclic esters (lactones) is 2. The van der Waals surface area contributed by atoms with Gasteiger partial charge in [0.15, 0.2) is 6.10 Å². The summed E-state index contributed by atoms with van der Waals surface area (Å²) in [4.78, 5) is 42.6. The zero-order valence-corrected chi connectivity index (χ0v) is 19.3. The number of hydrogen-bond acceptors (Lipinski definition) is 10. The Morgan fingerprint density at radius 2 is 1.48 bits per heavy atom. The van der Waals surface area contributed by atoms with Gasteiger partial charge in [-0.25, -0.2) is 14.4 Å². The van der Waals surface area contributed by atoms with Crippen molar-refractivity contribution in [2.45, 2.75) is 37.6 Å². The summed E-state index contributed by atoms with van der Waals surface area (Å²) in [6.45, 7) is 11.1. The van der Waals surface area contributed by atoms with Gasteiger partial charge in [0.25, 0.3) is 0 Å². The second-order valence-electron chi connectivity index (χ2n) is 6.30. The zero-order chi connectivity index (χ0) is 23.8. The lowest BCUT2D eigenvalue weighted by Gasteiger charge is -2.08. The van der Waals surface area contributed by atoms with Crippen molar-refractivity contribution < 1.29 is 48.0 Å². The molecule has 11 heteroatoms. The van der Waals surface area contributed by atoms with Gasteiger partial charge in [0.2, 0.25) is 0 Å². The normalized spacial score (nSPS) is 19.0. The van der Waals surface area contributed by atoms with Gasteiger partial charge in [0.1, 0.15) is 18.0 Å². The Labute approximate surface area is 189 Å². The van der Waals surface area contributed by atoms with E-state index in [1.54, 1.807) is 13.8 Å². The van der Waals surface area contributed by atoms with E-state index in [9.17, 15) is 19.2 Å². The molecule has 31 heavy (non-hydrogen) atoms. The van der Waals surface area contributed by atoms with Crippen LogP contribution in [-0.2, 0) is 42.9 Å². The van der Waals surface area contributed by atoms with Crippen molar-refractivity contribution in [1.82, 2.24) is 0 Å². The molecule has 2 unspecified atom stereocenters. The molecule has 0 aromatic carbocycles. The monoisotopic (exact) mass is 508 g/mol. The molecule has 0 spiro atoms. The van der Waals surface area contributed by atoms with Crippen molar-refractivity contribution in [2.24, 2.45) is 0 Å². The number of ether oxygens (including phenoxy) is 5. The van der Waals surface area contributed by atoms with E-state index in [2.05, 4.69) is 38.6 Å². The first-order valence-corrected chi connectivity index (χ1v) is 10.4. The van der Waals surface area contributed by atoms with Crippen LogP contribution in [0.25, 0.3) is 0 Å². The summed E-state index contributed by atoms with van der Waals surface area (Å²) in [5.41, 5.74) is 0.693. The highest BCUT2D eigenvalue weighted by atomic mass is 79.9. The number of hydrogen-bond donors (Lipinski definition) is 1. The number of aliphatic hydroxyl groups is 1. The first kappa shape index (κ1) is 28.8. The summed E-state index contributed by atoms with van der Waals surface area (Å²) < 4.78 is 23.7. The first-order valence-electron chi connectivity index (χ1n) is 9.45. The van der Waals surface area contributed by atoms with E-state index in [1.807, 2.05) is 0 Å². The Morgan fingerprint density at radius 1 is 0.968 bits per heavy atom. The molecule has 0 bridgehead atoms. The molecule has 0 saturated carbocycles. The summed E-state index contributed by atoms with van der Waals surface area (Å²) >= 11 is 3.13. The number of rotatable bonds is 8. The average molecular weight is 509 g/mol. The third-order valence-corrected chi connectivity index (χ3v) is 4.25. The highest BCUT2D eigenvalue weighted by molar-refractivity contribution is 9.10. The lowest BCUT2D eigenvalue weighted by Crippen LogP contribution is -2.21. The van der Waals surface area contributed by atoms with E-state index >= 15 is 0 Å². The van der Waals surface area contributed by atoms with E-state index in [4.69, 9.17) is 19.3 Å². The fourth-order valence-electron chi connectivity index (χ4n) is 1.81. The smallest absolute Gasteiger partial charge is 0.335 e. The maximum Gasteiger partial charge on any atom is 0.335 e. The van der Waals surface area contributed by atoms with E-state index in [0.29, 0.717) is 30.8 Å². The van der Waals surface area contributed by atoms with Crippen molar-refractivity contribution in [3.63, 3.8) is 0 Å². The molecular weight excluding hydrogens is 480 g/mol. The largest absolute Gasteiger partial charge is 0.465 e. The summed E-state index contributed by atoms with van der Waals surface area (Å²) in [6.07, 6.45) is 0.875. The van der Waals surface area contributed by atoms with Crippen LogP contribution in [0.2, 0.25) is 0 Å². The molecule has 2 atom stereocenters. The van der Waals surface area contributed by atoms with E-state index in [1.165, 1.54) is 0 Å². The maximum absolute atomic E-state index is 10.9. The molecule has 0 aromatic heterocycles. The number of carbonyl (C=O) groups is 4. The minimum atomic E-state index is -0.506. The molecule has 1 N–H and O–H groups in total. The van der Waals surface area contributed by atoms with Crippen LogP contribution in [0.3, 0.4) is 0 Å². The second kappa shape index (κ2) is 16.5. The summed E-state index contributed by atoms with van der Waals surface area (Å²) in [5.74, 6) is -1.38. The highest BCUT2D eigenvalue weighted by Crippen LogP contribution is 2.13. The van der Waals surface area contributed by atoms with Crippen LogP contribution in [0, 0.1) is 0 Å². The molecule has 0 amide bonds. The van der Waals surface area contributed by atoms with Gasteiger partial charge >= 0.3 is 23.9 Å². The van der Waals surface area contributed by atoms with Crippen molar-refractivity contribution in [2.75, 3.05) is 39.6 Å². The van der Waals surface area contributed by atoms with Crippen LogP contribution >= 0.6 is 15.9 Å². The molecule has 0 radical (unpaired) electrons. The van der Waals surface area contributed by atoms with Crippen LogP contribution in [-0.4, -0.2) is 79.6 Å². The topological polar surface area (TPSA) is 135 Å². The third kappa shape index (κ3) is 13.6. The molecule has 2 fully saturated rings. The Balaban J connectivity index is 0.000000478. The third-order valence-electron chi connectivity index (χ3n) is 3.42. The predicted molar refractivity (Wildman–Crippen MR) is 112 cm³/mol. The zero-order valence-electron chi connectivity index (χ0n) is 17.7. The number of esters is 4. The van der Waals surface area contributed by atoms with Crippen molar-refractivity contribution in [1.29, 1.82) is 0 Å². The van der Waals surface area contributed by atoms with Crippen LogP contribution in [0.5, 0.6) is 0 Å². The van der Waals surface area contributed by atoms with Gasteiger partial charge in [0.05, 0.1) is 26.4 Å². The fourth-order valence-corrected chi connectivity index (χ4v) is 2.13. The van der Waals surface area contributed by atoms with Gasteiger partial charge < -0.3 is 28.8 Å². The van der Waals surface area contributed by atoms with Gasteiger partial charge in [-0.2, -0.15) is 0 Å². The first-order chi connectivity index (χ1) is 14.6. The standard InChI is InChI=1S/C10H14O5.C6H10O3.C4H5BrO2/c1-7(2)9(11)15-6-5-13-8-3-4-14-10(8)12;1-5(2)6(8)9-4-3-7;5-3-1-2-7-4(3)6/h8H,1,3-6H2,2H3;7H,1,3-4H2,2H3;3H,1-2H2. The van der Waals surface area contributed by atoms with E-state index in [-0.39, 0.29) is 43.2 Å². The molecule has 10 nitrogen and oxygen atoms in total. The van der Waals surface area contributed by atoms with Crippen LogP contribution in [0.15, 0.2) is 24.3 Å². The van der Waals surface area contributed by atoms with Gasteiger partial charge in [-0.05, 0) is 13.8 Å². The Bertz CT molecular complexity index is 646. The minimum Gasteiger partial charge on any atom is -0.465 e. The average Bonchev–Trinajstić information content (AvgIpc) is 3.31. The molecule has 2 aliphatic heterocycles. The number of halogens is 1. The van der Waals surface area contributed by atoms with Gasteiger partial charge in [0, 0.05) is 24.0 Å². The molecule has 2 saturated heterocycles. The van der Waals surface area contributed by atoms with Crippen molar-refractivity contribution in [3.05, 3.63) is 24.3 Å². The van der Waals surface area contributed by atoms with Gasteiger partial charge in [-0.15, -0.1) is 0 Å². The predicted octanol–water partition coefficient (Wildman–Crippen LogP) is 1.23. The van der Waals surface area contributed by atoms with Crippen molar-refractivity contribution in [3.8, 4) is 0 Å². The van der Waals surface area contributed by atoms with Gasteiger partial charge in [-0.3, -0.25) is 4.79 Å². The molecule has 0 aromatic rings. The Kier molecular flexibility index (Phi) is 15.3. The minimum absolute atomic E-state index is 0.0347. The lowest BCUT2D eigenvalue weighted by atomic mass is 10.3. The number of aliphatic hydroxyl groups excluding tert-OH is 1. The molecule has 2 heterocycles. The van der Waals surface area contributed by atoms with Crippen molar-refractivity contribution >= 4 is 39.8 Å². The van der Waals surface area contributed by atoms with Crippen LogP contribution in [0.1, 0.15) is 26.7 Å². The molecule has 0 aliphatic carbocycles. The number of carbonyl (C=O) groups excluding carboxylic acids is 4. The highest BCUT2D eigenvalue weighted by Gasteiger charge is 2.27. The molecule has 2 rings (SSSR count). The molecule has 176 valence electrons. The van der Waals surface area contributed by atoms with E-state index in [0.717, 1.165) is 6.42 Å². The summed E-state index contributed by atoms with van der Waals surface area (Å²) in [5, 5.41) is 8.19. The quantitative estimate of drug-likeness (QED) is 0.167. The second-order valence-corrected chi connectivity index (χ2v) is 7.40. The summed E-state index contributed by atoms with van der Waals surface area (Å²) in [7, 11) is 0. The van der Waals surface area contributed by atoms with Crippen LogP contribution in [0.4, 0.5) is 0 Å². The summed E-state index contributed by atoms with van der Waals surface area (Å²) in [6, 6.07) is 0. The maximum atomic E-state index is 10.9. The van der Waals surface area contributed by atoms with Crippen LogP contribution < -0.4 is 0 Å². The lowest BCUT2D eigenvalue weighted by molar-refractivity contribution is -0.149. The van der Waals surface area contributed by atoms with Gasteiger partial charge in [-0.1, -0.05) is 29.1 Å². The SMILES string of the molecule is C=C(C)C(=O)OCCO.C=C(C)C(=O)OCCOC1CCOC1=O.O=C1OCCC1Br. The molecule has 2 aliphatic rings. The number of alkyl halides is 1.